The summed E-state index contributed by atoms with van der Waals surface area (Å²) in [6.45, 7) is 5.14. The van der Waals surface area contributed by atoms with E-state index in [9.17, 15) is 15.0 Å². The van der Waals surface area contributed by atoms with Crippen molar-refractivity contribution in [2.45, 2.75) is 38.7 Å². The van der Waals surface area contributed by atoms with Crippen LogP contribution in [-0.2, 0) is 11.2 Å². The van der Waals surface area contributed by atoms with Crippen LogP contribution in [-0.4, -0.2) is 31.8 Å². The number of H-pyrrole nitrogens is 1. The highest BCUT2D eigenvalue weighted by Crippen LogP contribution is 2.46. The number of rotatable bonds is 2. The summed E-state index contributed by atoms with van der Waals surface area (Å²) in [5.74, 6) is -0.680. The molecule has 0 saturated carbocycles. The first-order valence-electron chi connectivity index (χ1n) is 7.37. The van der Waals surface area contributed by atoms with Crippen LogP contribution in [0.5, 0.6) is 5.75 Å². The van der Waals surface area contributed by atoms with Crippen molar-refractivity contribution in [2.24, 2.45) is 5.92 Å². The first kappa shape index (κ1) is 14.8. The number of phenolic OH excluding ortho intramolecular Hbond substituents is 1. The lowest BCUT2D eigenvalue weighted by molar-refractivity contribution is -0.130. The van der Waals surface area contributed by atoms with E-state index in [1.54, 1.807) is 31.2 Å². The molecule has 5 nitrogen and oxygen atoms in total. The van der Waals surface area contributed by atoms with Crippen LogP contribution in [0.1, 0.15) is 42.3 Å². The summed E-state index contributed by atoms with van der Waals surface area (Å²) in [7, 11) is 0. The maximum atomic E-state index is 12.3. The number of hydrogen-bond acceptors (Lipinski definition) is 4. The Hall–Kier alpha value is -2.14. The van der Waals surface area contributed by atoms with Crippen molar-refractivity contribution in [1.29, 1.82) is 0 Å². The summed E-state index contributed by atoms with van der Waals surface area (Å²) in [4.78, 5) is 12.3. The van der Waals surface area contributed by atoms with Gasteiger partial charge in [-0.3, -0.25) is 9.89 Å². The Morgan fingerprint density at radius 3 is 2.59 bits per heavy atom. The van der Waals surface area contributed by atoms with Crippen molar-refractivity contribution in [3.8, 4) is 5.75 Å². The number of phenols is 1. The van der Waals surface area contributed by atoms with Crippen LogP contribution in [0, 0.1) is 12.8 Å². The summed E-state index contributed by atoms with van der Waals surface area (Å²) in [6, 6.07) is 6.80. The van der Waals surface area contributed by atoms with Gasteiger partial charge in [-0.2, -0.15) is 5.10 Å². The van der Waals surface area contributed by atoms with Gasteiger partial charge >= 0.3 is 0 Å². The van der Waals surface area contributed by atoms with Gasteiger partial charge in [0, 0.05) is 23.6 Å². The van der Waals surface area contributed by atoms with E-state index in [4.69, 9.17) is 0 Å². The summed E-state index contributed by atoms with van der Waals surface area (Å²) in [6.07, 6.45) is 0.353. The molecule has 0 radical (unpaired) electrons. The van der Waals surface area contributed by atoms with Gasteiger partial charge < -0.3 is 10.2 Å². The van der Waals surface area contributed by atoms with Crippen LogP contribution in [0.4, 0.5) is 0 Å². The molecule has 3 unspecified atom stereocenters. The Kier molecular flexibility index (Phi) is 3.33. The van der Waals surface area contributed by atoms with E-state index in [0.29, 0.717) is 6.42 Å². The first-order chi connectivity index (χ1) is 10.3. The number of hydrogen-bond donors (Lipinski definition) is 3. The van der Waals surface area contributed by atoms with Gasteiger partial charge in [0.25, 0.3) is 0 Å². The molecule has 3 atom stereocenters. The molecule has 1 aliphatic carbocycles. The predicted molar refractivity (Wildman–Crippen MR) is 81.8 cm³/mol. The van der Waals surface area contributed by atoms with Crippen LogP contribution >= 0.6 is 0 Å². The Bertz CT molecular complexity index is 716. The summed E-state index contributed by atoms with van der Waals surface area (Å²) < 4.78 is 0. The van der Waals surface area contributed by atoms with Gasteiger partial charge in [-0.25, -0.2) is 0 Å². The van der Waals surface area contributed by atoms with E-state index in [-0.39, 0.29) is 17.5 Å². The number of nitrogens with one attached hydrogen (secondary N) is 1. The van der Waals surface area contributed by atoms with E-state index >= 15 is 0 Å². The smallest absolute Gasteiger partial charge is 0.136 e. The normalized spacial score (nSPS) is 27.5. The number of Topliss-reactive ketones (excluding diaryl/α,β-unsaturated/α-hetero) is 1. The Balaban J connectivity index is 2.23. The zero-order chi connectivity index (χ0) is 16.1. The number of aromatic amines is 1. The number of aromatic nitrogens is 2. The molecule has 1 aromatic heterocycles. The minimum absolute atomic E-state index is 0.0469. The summed E-state index contributed by atoms with van der Waals surface area (Å²) in [5.41, 5.74) is 2.44. The van der Waals surface area contributed by atoms with Gasteiger partial charge in [-0.1, -0.05) is 12.1 Å². The predicted octanol–water partition coefficient (Wildman–Crippen LogP) is 2.07. The molecule has 22 heavy (non-hydrogen) atoms. The highest BCUT2D eigenvalue weighted by atomic mass is 16.3. The van der Waals surface area contributed by atoms with Gasteiger partial charge in [-0.15, -0.1) is 0 Å². The zero-order valence-corrected chi connectivity index (χ0v) is 12.9. The Morgan fingerprint density at radius 1 is 1.36 bits per heavy atom. The molecule has 0 spiro atoms. The molecule has 1 heterocycles. The van der Waals surface area contributed by atoms with Crippen LogP contribution in [0.15, 0.2) is 24.3 Å². The molecule has 0 fully saturated rings. The molecule has 1 aliphatic rings. The largest absolute Gasteiger partial charge is 0.508 e. The minimum atomic E-state index is -1.15. The minimum Gasteiger partial charge on any atom is -0.508 e. The second-order valence-corrected chi connectivity index (χ2v) is 6.40. The number of aromatic hydroxyl groups is 1. The van der Waals surface area contributed by atoms with E-state index < -0.39 is 11.5 Å². The van der Waals surface area contributed by atoms with Gasteiger partial charge in [0.2, 0.25) is 0 Å². The molecular formula is C17H20N2O3. The van der Waals surface area contributed by atoms with Crippen LogP contribution < -0.4 is 0 Å². The highest BCUT2D eigenvalue weighted by molar-refractivity contribution is 5.82. The quantitative estimate of drug-likeness (QED) is 0.792. The number of aliphatic hydroxyl groups is 1. The average molecular weight is 300 g/mol. The van der Waals surface area contributed by atoms with Crippen LogP contribution in [0.3, 0.4) is 0 Å². The Morgan fingerprint density at radius 2 is 2.00 bits per heavy atom. The topological polar surface area (TPSA) is 86.2 Å². The van der Waals surface area contributed by atoms with Crippen molar-refractivity contribution < 1.29 is 15.0 Å². The molecule has 0 saturated heterocycles. The van der Waals surface area contributed by atoms with Gasteiger partial charge in [0.05, 0.1) is 17.2 Å². The summed E-state index contributed by atoms with van der Waals surface area (Å²) >= 11 is 0. The lowest BCUT2D eigenvalue weighted by atomic mass is 9.64. The standard InChI is InChI=1S/C17H20N2O3/c1-9-14-13(19-18-9)8-17(3,22)16(10(2)20)15(14)11-4-6-12(21)7-5-11/h4-7,15-16,21-22H,8H2,1-3H3,(H,18,19). The third kappa shape index (κ3) is 2.22. The van der Waals surface area contributed by atoms with Gasteiger partial charge in [0.1, 0.15) is 11.5 Å². The lowest BCUT2D eigenvalue weighted by Gasteiger charge is -2.41. The SMILES string of the molecule is CC(=O)C1C(c2ccc(O)cc2)c2c(n[nH]c2C)CC1(C)O. The van der Waals surface area contributed by atoms with Crippen molar-refractivity contribution in [3.05, 3.63) is 46.8 Å². The van der Waals surface area contributed by atoms with Crippen molar-refractivity contribution in [2.75, 3.05) is 0 Å². The average Bonchev–Trinajstić information content (AvgIpc) is 2.77. The summed E-state index contributed by atoms with van der Waals surface area (Å²) in [5, 5.41) is 27.6. The second kappa shape index (κ2) is 4.95. The molecule has 3 rings (SSSR count). The third-order valence-corrected chi connectivity index (χ3v) is 4.60. The lowest BCUT2D eigenvalue weighted by Crippen LogP contribution is -2.48. The molecular weight excluding hydrogens is 280 g/mol. The van der Waals surface area contributed by atoms with Crippen molar-refractivity contribution in [3.63, 3.8) is 0 Å². The van der Waals surface area contributed by atoms with Crippen molar-refractivity contribution in [1.82, 2.24) is 10.2 Å². The monoisotopic (exact) mass is 300 g/mol. The molecule has 116 valence electrons. The number of fused-ring (bicyclic) bond motifs is 1. The maximum Gasteiger partial charge on any atom is 0.136 e. The molecule has 1 aromatic carbocycles. The fourth-order valence-electron chi connectivity index (χ4n) is 3.72. The van der Waals surface area contributed by atoms with E-state index in [0.717, 1.165) is 22.5 Å². The van der Waals surface area contributed by atoms with E-state index in [1.165, 1.54) is 6.92 Å². The molecule has 5 heteroatoms. The number of nitrogens with zero attached hydrogens (tertiary/aromatic N) is 1. The van der Waals surface area contributed by atoms with Gasteiger partial charge in [0.15, 0.2) is 0 Å². The highest BCUT2D eigenvalue weighted by Gasteiger charge is 2.48. The molecule has 0 amide bonds. The maximum absolute atomic E-state index is 12.3. The number of benzene rings is 1. The van der Waals surface area contributed by atoms with Crippen LogP contribution in [0.25, 0.3) is 0 Å². The van der Waals surface area contributed by atoms with Crippen LogP contribution in [0.2, 0.25) is 0 Å². The zero-order valence-electron chi connectivity index (χ0n) is 12.9. The number of carbonyl (C=O) groups is 1. The molecule has 0 bridgehead atoms. The molecule has 3 N–H and O–H groups in total. The number of ketones is 1. The second-order valence-electron chi connectivity index (χ2n) is 6.40. The van der Waals surface area contributed by atoms with Gasteiger partial charge in [-0.05, 0) is 38.5 Å². The molecule has 2 aromatic rings. The van der Waals surface area contributed by atoms with E-state index in [2.05, 4.69) is 10.2 Å². The molecule has 0 aliphatic heterocycles. The number of aryl methyl sites for hydroxylation is 1. The fraction of sp³-hybridized carbons (Fsp3) is 0.412. The number of carbonyl (C=O) groups excluding carboxylic acids is 1. The van der Waals surface area contributed by atoms with E-state index in [1.807, 2.05) is 6.92 Å². The van der Waals surface area contributed by atoms with Crippen molar-refractivity contribution >= 4 is 5.78 Å². The Labute approximate surface area is 129 Å². The fourth-order valence-corrected chi connectivity index (χ4v) is 3.72. The third-order valence-electron chi connectivity index (χ3n) is 4.60. The first-order valence-corrected chi connectivity index (χ1v) is 7.37.